The number of carboxylic acid groups (broad SMARTS) is 1. The lowest BCUT2D eigenvalue weighted by atomic mass is 10.2. The van der Waals surface area contributed by atoms with Gasteiger partial charge in [0.2, 0.25) is 5.62 Å². The number of hydrogen-bond donors (Lipinski definition) is 2. The molecule has 0 aliphatic rings. The predicted octanol–water partition coefficient (Wildman–Crippen LogP) is 2.44. The maximum Gasteiger partial charge on any atom is 0.335 e. The Bertz CT molecular complexity index is 1320. The Morgan fingerprint density at radius 2 is 1.79 bits per heavy atom. The summed E-state index contributed by atoms with van der Waals surface area (Å²) in [5.41, 5.74) is 0.962. The molecule has 0 fully saturated rings. The van der Waals surface area contributed by atoms with Gasteiger partial charge in [0.15, 0.2) is 0 Å². The van der Waals surface area contributed by atoms with Gasteiger partial charge in [-0.3, -0.25) is 14.3 Å². The molecule has 9 nitrogen and oxygen atoms in total. The van der Waals surface area contributed by atoms with Crippen molar-refractivity contribution in [2.24, 2.45) is 10.9 Å². The van der Waals surface area contributed by atoms with Gasteiger partial charge in [-0.2, -0.15) is 0 Å². The smallest absolute Gasteiger partial charge is 0.335 e. The molecule has 0 saturated carbocycles. The molecule has 0 saturated heterocycles. The average molecular weight is 453 g/mol. The Morgan fingerprint density at radius 1 is 1.09 bits per heavy atom. The lowest BCUT2D eigenvalue weighted by Gasteiger charge is -2.14. The summed E-state index contributed by atoms with van der Waals surface area (Å²) in [5.74, 6) is -1.27. The minimum Gasteiger partial charge on any atom is -0.491 e. The number of aryl methyl sites for hydroxylation is 1. The number of rotatable bonds is 8. The van der Waals surface area contributed by atoms with Crippen molar-refractivity contribution in [3.8, 4) is 5.75 Å². The molecule has 0 aliphatic carbocycles. The summed E-state index contributed by atoms with van der Waals surface area (Å²) in [6.07, 6.45) is 0.0247. The number of aromatic amines is 1. The van der Waals surface area contributed by atoms with E-state index >= 15 is 0 Å². The SMILES string of the molecule is Cc1cc(/N=c2\[nH]c(=O)n(C[C@H](C)C(=O)O)c(=O)n2Cc2ccccc2)ccc1OC(C)C. The van der Waals surface area contributed by atoms with Crippen molar-refractivity contribution in [2.45, 2.75) is 46.9 Å². The van der Waals surface area contributed by atoms with Crippen LogP contribution in [-0.4, -0.2) is 31.3 Å². The number of aromatic nitrogens is 3. The summed E-state index contributed by atoms with van der Waals surface area (Å²) in [6, 6.07) is 14.6. The van der Waals surface area contributed by atoms with E-state index in [1.165, 1.54) is 11.5 Å². The molecule has 0 aliphatic heterocycles. The number of aliphatic carboxylic acids is 1. The highest BCUT2D eigenvalue weighted by Crippen LogP contribution is 2.24. The van der Waals surface area contributed by atoms with Crippen LogP contribution in [0.2, 0.25) is 0 Å². The van der Waals surface area contributed by atoms with E-state index in [0.29, 0.717) is 5.69 Å². The quantitative estimate of drug-likeness (QED) is 0.544. The molecule has 3 aromatic rings. The van der Waals surface area contributed by atoms with Gasteiger partial charge in [0, 0.05) is 6.54 Å². The first-order valence-corrected chi connectivity index (χ1v) is 10.7. The molecule has 1 atom stereocenters. The molecule has 0 bridgehead atoms. The molecule has 9 heteroatoms. The Hall–Kier alpha value is -3.88. The first kappa shape index (κ1) is 23.8. The summed E-state index contributed by atoms with van der Waals surface area (Å²) < 4.78 is 7.98. The van der Waals surface area contributed by atoms with Crippen molar-refractivity contribution in [1.29, 1.82) is 0 Å². The molecule has 0 spiro atoms. The number of nitrogens with one attached hydrogen (secondary N) is 1. The van der Waals surface area contributed by atoms with Gasteiger partial charge in [-0.15, -0.1) is 0 Å². The van der Waals surface area contributed by atoms with Gasteiger partial charge in [0.25, 0.3) is 0 Å². The maximum atomic E-state index is 13.2. The molecule has 2 aromatic carbocycles. The van der Waals surface area contributed by atoms with Gasteiger partial charge >= 0.3 is 17.3 Å². The van der Waals surface area contributed by atoms with Crippen LogP contribution in [0.25, 0.3) is 0 Å². The van der Waals surface area contributed by atoms with E-state index in [1.807, 2.05) is 51.1 Å². The third-order valence-electron chi connectivity index (χ3n) is 5.00. The van der Waals surface area contributed by atoms with Crippen LogP contribution in [0.15, 0.2) is 63.1 Å². The molecular formula is C24H28N4O5. The summed E-state index contributed by atoms with van der Waals surface area (Å²) >= 11 is 0. The molecule has 3 rings (SSSR count). The molecule has 2 N–H and O–H groups in total. The second kappa shape index (κ2) is 10.2. The zero-order valence-corrected chi connectivity index (χ0v) is 19.1. The van der Waals surface area contributed by atoms with Crippen molar-refractivity contribution in [3.63, 3.8) is 0 Å². The Kier molecular flexibility index (Phi) is 7.32. The normalized spacial score (nSPS) is 12.7. The maximum absolute atomic E-state index is 13.2. The van der Waals surface area contributed by atoms with Gasteiger partial charge in [0.1, 0.15) is 5.75 Å². The molecule has 174 valence electrons. The second-order valence-corrected chi connectivity index (χ2v) is 8.19. The predicted molar refractivity (Wildman–Crippen MR) is 124 cm³/mol. The second-order valence-electron chi connectivity index (χ2n) is 8.19. The largest absolute Gasteiger partial charge is 0.491 e. The number of carbonyl (C=O) groups is 1. The first-order valence-electron chi connectivity index (χ1n) is 10.7. The fourth-order valence-corrected chi connectivity index (χ4v) is 3.28. The van der Waals surface area contributed by atoms with E-state index in [4.69, 9.17) is 4.74 Å². The standard InChI is InChI=1S/C24H28N4O5/c1-15(2)33-20-11-10-19(12-16(20)3)25-22-26-23(31)28(13-17(4)21(29)30)24(32)27(22)14-18-8-6-5-7-9-18/h5-12,15,17H,13-14H2,1-4H3,(H,29,30)(H,25,26,31)/t17-/m0/s1. The Balaban J connectivity index is 2.15. The molecule has 0 amide bonds. The molecule has 0 unspecified atom stereocenters. The Labute approximate surface area is 190 Å². The zero-order chi connectivity index (χ0) is 24.1. The van der Waals surface area contributed by atoms with Crippen LogP contribution >= 0.6 is 0 Å². The topological polar surface area (TPSA) is 119 Å². The number of benzene rings is 2. The van der Waals surface area contributed by atoms with Gasteiger partial charge < -0.3 is 9.84 Å². The van der Waals surface area contributed by atoms with Crippen LogP contribution < -0.4 is 21.7 Å². The van der Waals surface area contributed by atoms with E-state index in [2.05, 4.69) is 9.98 Å². The van der Waals surface area contributed by atoms with Crippen molar-refractivity contribution >= 4 is 11.7 Å². The Morgan fingerprint density at radius 3 is 2.39 bits per heavy atom. The van der Waals surface area contributed by atoms with Crippen LogP contribution in [-0.2, 0) is 17.9 Å². The van der Waals surface area contributed by atoms with Crippen molar-refractivity contribution in [2.75, 3.05) is 0 Å². The van der Waals surface area contributed by atoms with E-state index in [0.717, 1.165) is 21.4 Å². The zero-order valence-electron chi connectivity index (χ0n) is 19.1. The molecule has 1 heterocycles. The lowest BCUT2D eigenvalue weighted by Crippen LogP contribution is -2.51. The number of carboxylic acids is 1. The third-order valence-corrected chi connectivity index (χ3v) is 5.00. The first-order chi connectivity index (χ1) is 15.7. The van der Waals surface area contributed by atoms with Crippen LogP contribution in [0.1, 0.15) is 31.9 Å². The highest BCUT2D eigenvalue weighted by Gasteiger charge is 2.17. The number of ether oxygens (including phenoxy) is 1. The highest BCUT2D eigenvalue weighted by atomic mass is 16.5. The minimum atomic E-state index is -1.09. The van der Waals surface area contributed by atoms with Gasteiger partial charge in [-0.25, -0.2) is 19.1 Å². The van der Waals surface area contributed by atoms with Crippen LogP contribution in [0.4, 0.5) is 5.69 Å². The molecule has 1 aromatic heterocycles. The number of H-pyrrole nitrogens is 1. The molecule has 0 radical (unpaired) electrons. The summed E-state index contributed by atoms with van der Waals surface area (Å²) in [6.45, 7) is 7.12. The third kappa shape index (κ3) is 5.88. The monoisotopic (exact) mass is 452 g/mol. The van der Waals surface area contributed by atoms with Crippen LogP contribution in [0, 0.1) is 12.8 Å². The van der Waals surface area contributed by atoms with E-state index in [-0.39, 0.29) is 24.8 Å². The summed E-state index contributed by atoms with van der Waals surface area (Å²) in [4.78, 5) is 44.4. The number of hydrogen-bond acceptors (Lipinski definition) is 5. The molecular weight excluding hydrogens is 424 g/mol. The highest BCUT2D eigenvalue weighted by molar-refractivity contribution is 5.69. The number of nitrogens with zero attached hydrogens (tertiary/aromatic N) is 3. The lowest BCUT2D eigenvalue weighted by molar-refractivity contribution is -0.141. The summed E-state index contributed by atoms with van der Waals surface area (Å²) in [7, 11) is 0. The summed E-state index contributed by atoms with van der Waals surface area (Å²) in [5, 5.41) is 9.22. The van der Waals surface area contributed by atoms with Crippen molar-refractivity contribution < 1.29 is 14.6 Å². The van der Waals surface area contributed by atoms with Crippen LogP contribution in [0.5, 0.6) is 5.75 Å². The fourth-order valence-electron chi connectivity index (χ4n) is 3.28. The van der Waals surface area contributed by atoms with Crippen LogP contribution in [0.3, 0.4) is 0 Å². The van der Waals surface area contributed by atoms with Gasteiger partial charge in [-0.1, -0.05) is 37.3 Å². The van der Waals surface area contributed by atoms with E-state index in [9.17, 15) is 19.5 Å². The van der Waals surface area contributed by atoms with Crippen molar-refractivity contribution in [3.05, 3.63) is 86.2 Å². The van der Waals surface area contributed by atoms with E-state index in [1.54, 1.807) is 18.2 Å². The average Bonchev–Trinajstić information content (AvgIpc) is 2.76. The molecule has 33 heavy (non-hydrogen) atoms. The van der Waals surface area contributed by atoms with E-state index < -0.39 is 23.3 Å². The van der Waals surface area contributed by atoms with Crippen molar-refractivity contribution in [1.82, 2.24) is 14.1 Å². The van der Waals surface area contributed by atoms with Gasteiger partial charge in [0.05, 0.1) is 24.3 Å². The minimum absolute atomic E-state index is 0.0247. The fraction of sp³-hybridized carbons (Fsp3) is 0.333. The van der Waals surface area contributed by atoms with Gasteiger partial charge in [-0.05, 0) is 50.1 Å².